The molecular weight excluding hydrogens is 311 g/mol. The first-order valence-electron chi connectivity index (χ1n) is 7.47. The second kappa shape index (κ2) is 5.79. The van der Waals surface area contributed by atoms with Gasteiger partial charge < -0.3 is 14.7 Å². The van der Waals surface area contributed by atoms with Gasteiger partial charge in [0.2, 0.25) is 5.91 Å². The Morgan fingerprint density at radius 2 is 2.22 bits per heavy atom. The molecule has 0 saturated carbocycles. The Hall–Kier alpha value is -1.60. The van der Waals surface area contributed by atoms with Crippen LogP contribution in [0.15, 0.2) is 24.3 Å². The number of aliphatic hydroxyl groups is 1. The quantitative estimate of drug-likeness (QED) is 0.919. The second-order valence-electron chi connectivity index (χ2n) is 6.38. The molecule has 1 N–H and O–H groups in total. The molecule has 7 heteroatoms. The molecule has 4 nitrogen and oxygen atoms in total. The van der Waals surface area contributed by atoms with Gasteiger partial charge in [0.15, 0.2) is 0 Å². The van der Waals surface area contributed by atoms with Crippen LogP contribution in [0.25, 0.3) is 0 Å². The van der Waals surface area contributed by atoms with Gasteiger partial charge in [-0.15, -0.1) is 0 Å². The maximum atomic E-state index is 12.7. The third kappa shape index (κ3) is 3.07. The van der Waals surface area contributed by atoms with E-state index < -0.39 is 17.2 Å². The summed E-state index contributed by atoms with van der Waals surface area (Å²) >= 11 is 0. The van der Waals surface area contributed by atoms with Crippen molar-refractivity contribution in [1.82, 2.24) is 4.90 Å². The van der Waals surface area contributed by atoms with Gasteiger partial charge in [-0.2, -0.15) is 13.2 Å². The lowest BCUT2D eigenvalue weighted by Crippen LogP contribution is -2.36. The number of carbonyl (C=O) groups is 1. The molecule has 3 rings (SSSR count). The van der Waals surface area contributed by atoms with Gasteiger partial charge >= 0.3 is 6.18 Å². The molecule has 2 heterocycles. The summed E-state index contributed by atoms with van der Waals surface area (Å²) in [5.41, 5.74) is -0.818. The molecule has 1 aromatic carbocycles. The first-order chi connectivity index (χ1) is 10.8. The van der Waals surface area contributed by atoms with Gasteiger partial charge in [-0.1, -0.05) is 18.2 Å². The van der Waals surface area contributed by atoms with Crippen LogP contribution in [0.2, 0.25) is 0 Å². The molecule has 0 radical (unpaired) electrons. The lowest BCUT2D eigenvalue weighted by molar-refractivity contribution is -0.138. The summed E-state index contributed by atoms with van der Waals surface area (Å²) in [7, 11) is 0. The molecule has 1 aromatic rings. The van der Waals surface area contributed by atoms with Crippen LogP contribution in [-0.4, -0.2) is 48.8 Å². The highest BCUT2D eigenvalue weighted by Crippen LogP contribution is 2.41. The number of benzene rings is 1. The van der Waals surface area contributed by atoms with Gasteiger partial charge in [-0.3, -0.25) is 4.79 Å². The van der Waals surface area contributed by atoms with E-state index in [0.29, 0.717) is 31.9 Å². The minimum atomic E-state index is -4.41. The maximum Gasteiger partial charge on any atom is 0.416 e. The predicted molar refractivity (Wildman–Crippen MR) is 75.6 cm³/mol. The number of hydrogen-bond donors (Lipinski definition) is 1. The second-order valence-corrected chi connectivity index (χ2v) is 6.38. The fraction of sp³-hybridized carbons (Fsp3) is 0.562. The molecule has 2 aliphatic heterocycles. The molecule has 2 fully saturated rings. The van der Waals surface area contributed by atoms with Crippen LogP contribution >= 0.6 is 0 Å². The number of fused-ring (bicyclic) bond motifs is 1. The molecule has 0 aromatic heterocycles. The summed E-state index contributed by atoms with van der Waals surface area (Å²) in [6, 6.07) is 4.84. The van der Waals surface area contributed by atoms with E-state index in [1.807, 2.05) is 0 Å². The molecule has 2 aliphatic rings. The number of hydrogen-bond acceptors (Lipinski definition) is 3. The van der Waals surface area contributed by atoms with Gasteiger partial charge in [0.1, 0.15) is 0 Å². The monoisotopic (exact) mass is 329 g/mol. The average molecular weight is 329 g/mol. The van der Waals surface area contributed by atoms with Crippen LogP contribution in [0.4, 0.5) is 13.2 Å². The molecule has 2 atom stereocenters. The first kappa shape index (κ1) is 16.3. The van der Waals surface area contributed by atoms with E-state index in [4.69, 9.17) is 4.74 Å². The summed E-state index contributed by atoms with van der Waals surface area (Å²) in [6.45, 7) is 1.75. The van der Waals surface area contributed by atoms with Gasteiger partial charge in [0, 0.05) is 24.4 Å². The zero-order valence-electron chi connectivity index (χ0n) is 12.5. The Balaban J connectivity index is 1.69. The highest BCUT2D eigenvalue weighted by atomic mass is 19.4. The molecule has 0 bridgehead atoms. The number of ether oxygens (including phenoxy) is 1. The van der Waals surface area contributed by atoms with Crippen molar-refractivity contribution in [1.29, 1.82) is 0 Å². The number of amides is 1. The molecule has 0 spiro atoms. The van der Waals surface area contributed by atoms with Gasteiger partial charge in [0.05, 0.1) is 31.8 Å². The number of rotatable bonds is 3. The average Bonchev–Trinajstić information content (AvgIpc) is 3.03. The Morgan fingerprint density at radius 1 is 1.43 bits per heavy atom. The van der Waals surface area contributed by atoms with Crippen molar-refractivity contribution in [3.63, 3.8) is 0 Å². The standard InChI is InChI=1S/C16H18F3NO3/c17-16(18,19)12-3-1-2-11(4-12)5-14(22)20-6-13-7-23-10-15(13,8-20)9-21/h1-4,13,21H,5-10H2/t13-,15-/m0/s1. The summed E-state index contributed by atoms with van der Waals surface area (Å²) < 4.78 is 43.5. The van der Waals surface area contributed by atoms with Crippen LogP contribution in [0, 0.1) is 11.3 Å². The van der Waals surface area contributed by atoms with Gasteiger partial charge in [0.25, 0.3) is 0 Å². The highest BCUT2D eigenvalue weighted by molar-refractivity contribution is 5.79. The molecule has 0 unspecified atom stereocenters. The predicted octanol–water partition coefficient (Wildman–Crippen LogP) is 1.72. The number of likely N-dealkylation sites (tertiary alicyclic amines) is 1. The largest absolute Gasteiger partial charge is 0.416 e. The van der Waals surface area contributed by atoms with Crippen molar-refractivity contribution in [2.24, 2.45) is 11.3 Å². The van der Waals surface area contributed by atoms with Crippen molar-refractivity contribution in [3.8, 4) is 0 Å². The van der Waals surface area contributed by atoms with Crippen molar-refractivity contribution in [2.75, 3.05) is 32.9 Å². The summed E-state index contributed by atoms with van der Waals surface area (Å²) in [6.07, 6.45) is -4.49. The van der Waals surface area contributed by atoms with Gasteiger partial charge in [-0.25, -0.2) is 0 Å². The third-order valence-corrected chi connectivity index (χ3v) is 4.80. The maximum absolute atomic E-state index is 12.7. The fourth-order valence-corrected chi connectivity index (χ4v) is 3.39. The van der Waals surface area contributed by atoms with Crippen LogP contribution < -0.4 is 0 Å². The lowest BCUT2D eigenvalue weighted by atomic mass is 9.82. The zero-order valence-corrected chi connectivity index (χ0v) is 12.5. The summed E-state index contributed by atoms with van der Waals surface area (Å²) in [4.78, 5) is 14.0. The minimum absolute atomic E-state index is 0.0506. The molecular formula is C16H18F3NO3. The summed E-state index contributed by atoms with van der Waals surface area (Å²) in [5.74, 6) is -0.121. The number of nitrogens with zero attached hydrogens (tertiary/aromatic N) is 1. The van der Waals surface area contributed by atoms with E-state index in [-0.39, 0.29) is 24.9 Å². The van der Waals surface area contributed by atoms with Gasteiger partial charge in [-0.05, 0) is 11.6 Å². The number of alkyl halides is 3. The smallest absolute Gasteiger partial charge is 0.396 e. The van der Waals surface area contributed by atoms with Crippen molar-refractivity contribution in [2.45, 2.75) is 12.6 Å². The van der Waals surface area contributed by atoms with Crippen molar-refractivity contribution in [3.05, 3.63) is 35.4 Å². The van der Waals surface area contributed by atoms with E-state index >= 15 is 0 Å². The van der Waals surface area contributed by atoms with E-state index in [1.54, 1.807) is 4.90 Å². The lowest BCUT2D eigenvalue weighted by Gasteiger charge is -2.24. The highest BCUT2D eigenvalue weighted by Gasteiger charge is 2.51. The Bertz CT molecular complexity index is 604. The zero-order chi connectivity index (χ0) is 16.7. The van der Waals surface area contributed by atoms with Crippen LogP contribution in [0.3, 0.4) is 0 Å². The molecule has 23 heavy (non-hydrogen) atoms. The molecule has 0 aliphatic carbocycles. The number of halogens is 3. The summed E-state index contributed by atoms with van der Waals surface area (Å²) in [5, 5.41) is 9.60. The van der Waals surface area contributed by atoms with Crippen molar-refractivity contribution < 1.29 is 27.8 Å². The van der Waals surface area contributed by atoms with E-state index in [9.17, 15) is 23.1 Å². The number of aliphatic hydroxyl groups excluding tert-OH is 1. The van der Waals surface area contributed by atoms with E-state index in [2.05, 4.69) is 0 Å². The Morgan fingerprint density at radius 3 is 2.87 bits per heavy atom. The fourth-order valence-electron chi connectivity index (χ4n) is 3.39. The number of carbonyl (C=O) groups excluding carboxylic acids is 1. The van der Waals surface area contributed by atoms with Crippen LogP contribution in [0.5, 0.6) is 0 Å². The first-order valence-corrected chi connectivity index (χ1v) is 7.47. The normalized spacial score (nSPS) is 27.3. The Kier molecular flexibility index (Phi) is 4.10. The van der Waals surface area contributed by atoms with E-state index in [0.717, 1.165) is 12.1 Å². The molecule has 1 amide bonds. The van der Waals surface area contributed by atoms with Crippen LogP contribution in [0.1, 0.15) is 11.1 Å². The third-order valence-electron chi connectivity index (χ3n) is 4.80. The molecule has 126 valence electrons. The van der Waals surface area contributed by atoms with Crippen molar-refractivity contribution >= 4 is 5.91 Å². The SMILES string of the molecule is O=C(Cc1cccc(C(F)(F)F)c1)N1C[C@H]2COC[C@@]2(CO)C1. The Labute approximate surface area is 131 Å². The van der Waals surface area contributed by atoms with E-state index in [1.165, 1.54) is 12.1 Å². The topological polar surface area (TPSA) is 49.8 Å². The van der Waals surface area contributed by atoms with Crippen LogP contribution in [-0.2, 0) is 22.1 Å². The molecule has 2 saturated heterocycles. The minimum Gasteiger partial charge on any atom is -0.396 e.